The number of amides is 1. The van der Waals surface area contributed by atoms with Crippen LogP contribution in [0.4, 0.5) is 5.00 Å². The highest BCUT2D eigenvalue weighted by atomic mass is 32.2. The zero-order valence-corrected chi connectivity index (χ0v) is 20.8. The molecule has 9 heteroatoms. The molecule has 0 radical (unpaired) electrons. The molecule has 1 aliphatic rings. The van der Waals surface area contributed by atoms with Crippen LogP contribution in [0, 0.1) is 6.92 Å². The van der Waals surface area contributed by atoms with Crippen LogP contribution in [0.25, 0.3) is 11.4 Å². The van der Waals surface area contributed by atoms with E-state index in [4.69, 9.17) is 4.74 Å². The number of nitrogens with one attached hydrogen (secondary N) is 1. The van der Waals surface area contributed by atoms with E-state index in [1.165, 1.54) is 28.0 Å². The second-order valence-corrected chi connectivity index (χ2v) is 9.94. The Bertz CT molecular complexity index is 1170. The van der Waals surface area contributed by atoms with E-state index in [1.54, 1.807) is 6.92 Å². The largest absolute Gasteiger partial charge is 0.462 e. The van der Waals surface area contributed by atoms with Gasteiger partial charge in [-0.1, -0.05) is 35.5 Å². The summed E-state index contributed by atoms with van der Waals surface area (Å²) in [6.07, 6.45) is 3.95. The van der Waals surface area contributed by atoms with Crippen molar-refractivity contribution in [2.24, 2.45) is 0 Å². The van der Waals surface area contributed by atoms with Crippen molar-refractivity contribution in [2.45, 2.75) is 58.2 Å². The van der Waals surface area contributed by atoms with Gasteiger partial charge >= 0.3 is 5.97 Å². The number of benzene rings is 1. The first-order chi connectivity index (χ1) is 16.0. The quantitative estimate of drug-likeness (QED) is 0.353. The van der Waals surface area contributed by atoms with Crippen LogP contribution in [-0.2, 0) is 28.9 Å². The van der Waals surface area contributed by atoms with Gasteiger partial charge in [-0.05, 0) is 58.1 Å². The van der Waals surface area contributed by atoms with Crippen molar-refractivity contribution in [3.8, 4) is 11.4 Å². The van der Waals surface area contributed by atoms with Crippen LogP contribution in [0.5, 0.6) is 0 Å². The van der Waals surface area contributed by atoms with Gasteiger partial charge in [-0.2, -0.15) is 0 Å². The summed E-state index contributed by atoms with van der Waals surface area (Å²) >= 11 is 2.85. The Morgan fingerprint density at radius 1 is 1.21 bits per heavy atom. The Labute approximate surface area is 201 Å². The maximum absolute atomic E-state index is 12.8. The van der Waals surface area contributed by atoms with Crippen molar-refractivity contribution in [1.29, 1.82) is 0 Å². The molecular weight excluding hydrogens is 456 g/mol. The minimum absolute atomic E-state index is 0.174. The van der Waals surface area contributed by atoms with Crippen molar-refractivity contribution in [2.75, 3.05) is 17.7 Å². The maximum Gasteiger partial charge on any atom is 0.341 e. The van der Waals surface area contributed by atoms with Crippen molar-refractivity contribution in [3.05, 3.63) is 45.8 Å². The molecule has 0 saturated carbocycles. The molecule has 2 heterocycles. The molecule has 1 N–H and O–H groups in total. The Balaban J connectivity index is 1.48. The lowest BCUT2D eigenvalue weighted by atomic mass is 9.95. The Morgan fingerprint density at radius 3 is 2.79 bits per heavy atom. The van der Waals surface area contributed by atoms with Crippen LogP contribution >= 0.6 is 23.1 Å². The van der Waals surface area contributed by atoms with Crippen LogP contribution in [0.3, 0.4) is 0 Å². The smallest absolute Gasteiger partial charge is 0.341 e. The number of anilines is 1. The summed E-state index contributed by atoms with van der Waals surface area (Å²) in [5, 5.41) is 12.9. The predicted octanol–water partition coefficient (Wildman–Crippen LogP) is 5.12. The molecular formula is C24H28N4O3S2. The molecule has 0 saturated heterocycles. The van der Waals surface area contributed by atoms with E-state index in [2.05, 4.69) is 21.6 Å². The lowest BCUT2D eigenvalue weighted by Crippen LogP contribution is -2.17. The van der Waals surface area contributed by atoms with Crippen LogP contribution in [0.1, 0.15) is 53.1 Å². The van der Waals surface area contributed by atoms with Crippen LogP contribution < -0.4 is 5.32 Å². The van der Waals surface area contributed by atoms with Gasteiger partial charge in [0.1, 0.15) is 5.00 Å². The number of fused-ring (bicyclic) bond motifs is 1. The molecule has 4 rings (SSSR count). The summed E-state index contributed by atoms with van der Waals surface area (Å²) in [5.41, 5.74) is 3.74. The maximum atomic E-state index is 12.8. The zero-order valence-electron chi connectivity index (χ0n) is 19.1. The second kappa shape index (κ2) is 10.5. The molecule has 0 unspecified atom stereocenters. The zero-order chi connectivity index (χ0) is 23.4. The van der Waals surface area contributed by atoms with Crippen molar-refractivity contribution < 1.29 is 14.3 Å². The van der Waals surface area contributed by atoms with Crippen LogP contribution in [-0.4, -0.2) is 39.0 Å². The number of esters is 1. The van der Waals surface area contributed by atoms with Gasteiger partial charge < -0.3 is 14.6 Å². The van der Waals surface area contributed by atoms with Gasteiger partial charge in [-0.25, -0.2) is 4.79 Å². The summed E-state index contributed by atoms with van der Waals surface area (Å²) in [4.78, 5) is 26.6. The number of hydrogen-bond donors (Lipinski definition) is 1. The first-order valence-electron chi connectivity index (χ1n) is 11.3. The van der Waals surface area contributed by atoms with Crippen molar-refractivity contribution in [1.82, 2.24) is 14.8 Å². The van der Waals surface area contributed by atoms with Crippen LogP contribution in [0.15, 0.2) is 29.4 Å². The Kier molecular flexibility index (Phi) is 7.49. The van der Waals surface area contributed by atoms with Gasteiger partial charge in [0.25, 0.3) is 0 Å². The molecule has 1 aliphatic carbocycles. The minimum Gasteiger partial charge on any atom is -0.462 e. The standard InChI is InChI=1S/C24H28N4O3S2/c1-4-28-21(16-10-8-9-15(3)13-16)26-27-24(28)32-14-19(29)25-22-20(23(30)31-5-2)17-11-6-7-12-18(17)33-22/h8-10,13H,4-7,11-12,14H2,1-3H3,(H,25,29). The molecule has 0 bridgehead atoms. The average molecular weight is 485 g/mol. The SMILES string of the molecule is CCOC(=O)c1c(NC(=O)CSc2nnc(-c3cccc(C)c3)n2CC)sc2c1CCCC2. The Hall–Kier alpha value is -2.65. The summed E-state index contributed by atoms with van der Waals surface area (Å²) in [5.74, 6) is 0.441. The fourth-order valence-corrected chi connectivity index (χ4v) is 6.14. The lowest BCUT2D eigenvalue weighted by Gasteiger charge is -2.12. The fraction of sp³-hybridized carbons (Fsp3) is 0.417. The predicted molar refractivity (Wildman–Crippen MR) is 132 cm³/mol. The number of thioether (sulfide) groups is 1. The first-order valence-corrected chi connectivity index (χ1v) is 13.1. The number of nitrogens with zero attached hydrogens (tertiary/aromatic N) is 3. The fourth-order valence-electron chi connectivity index (χ4n) is 4.04. The van der Waals surface area contributed by atoms with Gasteiger partial charge in [-0.3, -0.25) is 4.79 Å². The summed E-state index contributed by atoms with van der Waals surface area (Å²) < 4.78 is 7.29. The number of carbonyl (C=O) groups is 2. The van der Waals surface area contributed by atoms with E-state index in [-0.39, 0.29) is 17.6 Å². The lowest BCUT2D eigenvalue weighted by molar-refractivity contribution is -0.113. The van der Waals surface area contributed by atoms with Gasteiger partial charge in [0, 0.05) is 17.0 Å². The molecule has 174 valence electrons. The highest BCUT2D eigenvalue weighted by Crippen LogP contribution is 2.38. The van der Waals surface area contributed by atoms with E-state index in [0.29, 0.717) is 28.9 Å². The normalized spacial score (nSPS) is 12.9. The van der Waals surface area contributed by atoms with E-state index < -0.39 is 0 Å². The number of aryl methyl sites for hydroxylation is 2. The van der Waals surface area contributed by atoms with Crippen molar-refractivity contribution in [3.63, 3.8) is 0 Å². The van der Waals surface area contributed by atoms with E-state index in [9.17, 15) is 9.59 Å². The molecule has 2 aromatic heterocycles. The van der Waals surface area contributed by atoms with Crippen LogP contribution in [0.2, 0.25) is 0 Å². The summed E-state index contributed by atoms with van der Waals surface area (Å²) in [6, 6.07) is 8.14. The highest BCUT2D eigenvalue weighted by Gasteiger charge is 2.27. The van der Waals surface area contributed by atoms with E-state index >= 15 is 0 Å². The van der Waals surface area contributed by atoms with E-state index in [0.717, 1.165) is 48.2 Å². The molecule has 7 nitrogen and oxygen atoms in total. The molecule has 0 fully saturated rings. The van der Waals surface area contributed by atoms with E-state index in [1.807, 2.05) is 36.6 Å². The number of thiophene rings is 1. The number of hydrogen-bond acceptors (Lipinski definition) is 7. The number of ether oxygens (including phenoxy) is 1. The summed E-state index contributed by atoms with van der Waals surface area (Å²) in [6.45, 7) is 6.88. The molecule has 1 aromatic carbocycles. The number of carbonyl (C=O) groups excluding carboxylic acids is 2. The number of rotatable bonds is 8. The van der Waals surface area contributed by atoms with Gasteiger partial charge in [0.2, 0.25) is 5.91 Å². The third-order valence-corrected chi connectivity index (χ3v) is 7.72. The average Bonchev–Trinajstić information content (AvgIpc) is 3.38. The Morgan fingerprint density at radius 2 is 2.03 bits per heavy atom. The first kappa shape index (κ1) is 23.5. The molecule has 1 amide bonds. The summed E-state index contributed by atoms with van der Waals surface area (Å²) in [7, 11) is 0. The monoisotopic (exact) mass is 484 g/mol. The molecule has 0 spiro atoms. The van der Waals surface area contributed by atoms with Gasteiger partial charge in [0.05, 0.1) is 17.9 Å². The third kappa shape index (κ3) is 5.14. The third-order valence-electron chi connectivity index (χ3n) is 5.55. The second-order valence-electron chi connectivity index (χ2n) is 7.89. The molecule has 33 heavy (non-hydrogen) atoms. The molecule has 0 atom stereocenters. The molecule has 0 aliphatic heterocycles. The van der Waals surface area contributed by atoms with Gasteiger partial charge in [0.15, 0.2) is 11.0 Å². The van der Waals surface area contributed by atoms with Crippen molar-refractivity contribution >= 4 is 40.0 Å². The highest BCUT2D eigenvalue weighted by molar-refractivity contribution is 7.99. The van der Waals surface area contributed by atoms with Gasteiger partial charge in [-0.15, -0.1) is 21.5 Å². The molecule has 3 aromatic rings. The minimum atomic E-state index is -0.353. The topological polar surface area (TPSA) is 86.1 Å². The number of aromatic nitrogens is 3.